The van der Waals surface area contributed by atoms with Crippen LogP contribution in [-0.2, 0) is 0 Å². The lowest BCUT2D eigenvalue weighted by Gasteiger charge is -2.33. The maximum absolute atomic E-state index is 4.63. The lowest BCUT2D eigenvalue weighted by molar-refractivity contribution is 0.322. The molecule has 0 heterocycles. The summed E-state index contributed by atoms with van der Waals surface area (Å²) in [4.78, 5) is 0. The quantitative estimate of drug-likeness (QED) is 0.644. The predicted molar refractivity (Wildman–Crippen MR) is 69.1 cm³/mol. The molecule has 0 aliphatic heterocycles. The molecule has 0 radical (unpaired) electrons. The molecule has 0 bridgehead atoms. The first-order valence-electron chi connectivity index (χ1n) is 4.91. The summed E-state index contributed by atoms with van der Waals surface area (Å²) in [6.45, 7) is 13.4. The lowest BCUT2D eigenvalue weighted by atomic mass is 9.83. The molecular weight excluding hydrogens is 196 g/mol. The zero-order valence-corrected chi connectivity index (χ0v) is 11.5. The van der Waals surface area contributed by atoms with Gasteiger partial charge in [0.15, 0.2) is 0 Å². The van der Waals surface area contributed by atoms with Gasteiger partial charge in [-0.3, -0.25) is 0 Å². The van der Waals surface area contributed by atoms with Gasteiger partial charge in [0.2, 0.25) is 0 Å². The second-order valence-corrected chi connectivity index (χ2v) is 7.25. The number of hydrogen-bond donors (Lipinski definition) is 2. The van der Waals surface area contributed by atoms with Crippen LogP contribution in [0.4, 0.5) is 0 Å². The molecule has 80 valence electrons. The second-order valence-electron chi connectivity index (χ2n) is 6.00. The normalized spacial score (nSPS) is 18.5. The highest BCUT2D eigenvalue weighted by atomic mass is 32.1. The van der Waals surface area contributed by atoms with Gasteiger partial charge in [-0.1, -0.05) is 41.5 Å². The summed E-state index contributed by atoms with van der Waals surface area (Å²) < 4.78 is 0. The van der Waals surface area contributed by atoms with Crippen molar-refractivity contribution in [2.75, 3.05) is 0 Å². The zero-order chi connectivity index (χ0) is 10.9. The summed E-state index contributed by atoms with van der Waals surface area (Å²) in [5, 5.41) is 0.850. The van der Waals surface area contributed by atoms with Crippen LogP contribution in [-0.4, -0.2) is 10.5 Å². The van der Waals surface area contributed by atoms with Gasteiger partial charge in [0.05, 0.1) is 0 Å². The lowest BCUT2D eigenvalue weighted by Crippen LogP contribution is -2.30. The highest BCUT2D eigenvalue weighted by Crippen LogP contribution is 2.34. The van der Waals surface area contributed by atoms with E-state index in [0.717, 1.165) is 6.42 Å². The maximum atomic E-state index is 4.63. The van der Waals surface area contributed by atoms with E-state index < -0.39 is 0 Å². The molecule has 0 aliphatic rings. The van der Waals surface area contributed by atoms with Gasteiger partial charge in [0.25, 0.3) is 0 Å². The SMILES string of the molecule is CC(C)(C)C(S)CC(S)C(C)(C)C. The molecule has 0 aliphatic carbocycles. The van der Waals surface area contributed by atoms with Gasteiger partial charge in [0, 0.05) is 10.5 Å². The van der Waals surface area contributed by atoms with Crippen LogP contribution in [0.25, 0.3) is 0 Å². The Balaban J connectivity index is 4.15. The van der Waals surface area contributed by atoms with Gasteiger partial charge in [0.1, 0.15) is 0 Å². The van der Waals surface area contributed by atoms with Crippen LogP contribution in [0.3, 0.4) is 0 Å². The van der Waals surface area contributed by atoms with Crippen molar-refractivity contribution in [3.05, 3.63) is 0 Å². The second kappa shape index (κ2) is 4.48. The number of rotatable bonds is 2. The zero-order valence-electron chi connectivity index (χ0n) is 9.76. The van der Waals surface area contributed by atoms with E-state index in [1.54, 1.807) is 0 Å². The molecule has 2 atom stereocenters. The van der Waals surface area contributed by atoms with E-state index in [4.69, 9.17) is 0 Å². The van der Waals surface area contributed by atoms with Crippen molar-refractivity contribution in [2.45, 2.75) is 58.5 Å². The van der Waals surface area contributed by atoms with Gasteiger partial charge in [-0.2, -0.15) is 25.3 Å². The molecule has 0 fully saturated rings. The van der Waals surface area contributed by atoms with E-state index in [1.807, 2.05) is 0 Å². The van der Waals surface area contributed by atoms with Gasteiger partial charge in [-0.25, -0.2) is 0 Å². The monoisotopic (exact) mass is 220 g/mol. The molecule has 0 amide bonds. The fraction of sp³-hybridized carbons (Fsp3) is 1.00. The first-order valence-corrected chi connectivity index (χ1v) is 5.94. The van der Waals surface area contributed by atoms with Crippen molar-refractivity contribution in [1.82, 2.24) is 0 Å². The minimum atomic E-state index is 0.273. The molecule has 0 aromatic rings. The Labute approximate surface area is 94.7 Å². The Bertz CT molecular complexity index is 132. The third-order valence-corrected chi connectivity index (χ3v) is 4.42. The van der Waals surface area contributed by atoms with Crippen LogP contribution in [0.2, 0.25) is 0 Å². The van der Waals surface area contributed by atoms with Crippen molar-refractivity contribution in [2.24, 2.45) is 10.8 Å². The molecule has 0 spiro atoms. The molecule has 2 heteroatoms. The van der Waals surface area contributed by atoms with E-state index in [2.05, 4.69) is 66.8 Å². The Morgan fingerprint density at radius 1 is 0.769 bits per heavy atom. The summed E-state index contributed by atoms with van der Waals surface area (Å²) in [5.41, 5.74) is 0.546. The van der Waals surface area contributed by atoms with Crippen LogP contribution in [0.5, 0.6) is 0 Å². The molecule has 0 nitrogen and oxygen atoms in total. The van der Waals surface area contributed by atoms with E-state index >= 15 is 0 Å². The van der Waals surface area contributed by atoms with Crippen LogP contribution >= 0.6 is 25.3 Å². The Hall–Kier alpha value is 0.700. The Kier molecular flexibility index (Phi) is 4.72. The number of hydrogen-bond acceptors (Lipinski definition) is 2. The fourth-order valence-corrected chi connectivity index (χ4v) is 1.51. The summed E-state index contributed by atoms with van der Waals surface area (Å²) in [6, 6.07) is 0. The first kappa shape index (κ1) is 13.7. The van der Waals surface area contributed by atoms with Gasteiger partial charge >= 0.3 is 0 Å². The van der Waals surface area contributed by atoms with Crippen LogP contribution in [0, 0.1) is 10.8 Å². The highest BCUT2D eigenvalue weighted by molar-refractivity contribution is 7.82. The van der Waals surface area contributed by atoms with Crippen molar-refractivity contribution in [3.8, 4) is 0 Å². The minimum absolute atomic E-state index is 0.273. The van der Waals surface area contributed by atoms with Gasteiger partial charge < -0.3 is 0 Å². The van der Waals surface area contributed by atoms with Gasteiger partial charge in [-0.05, 0) is 17.3 Å². The Morgan fingerprint density at radius 3 is 1.15 bits per heavy atom. The topological polar surface area (TPSA) is 0 Å². The molecule has 0 rings (SSSR count). The average Bonchev–Trinajstić information content (AvgIpc) is 1.82. The fourth-order valence-electron chi connectivity index (χ4n) is 0.919. The first-order chi connectivity index (χ1) is 5.55. The van der Waals surface area contributed by atoms with Crippen molar-refractivity contribution in [1.29, 1.82) is 0 Å². The molecule has 0 aromatic carbocycles. The van der Waals surface area contributed by atoms with Crippen LogP contribution < -0.4 is 0 Å². The minimum Gasteiger partial charge on any atom is -0.175 e. The van der Waals surface area contributed by atoms with Gasteiger partial charge in [-0.15, -0.1) is 0 Å². The van der Waals surface area contributed by atoms with Crippen LogP contribution in [0.15, 0.2) is 0 Å². The highest BCUT2D eigenvalue weighted by Gasteiger charge is 2.28. The summed E-state index contributed by atoms with van der Waals surface area (Å²) in [7, 11) is 0. The van der Waals surface area contributed by atoms with Crippen LogP contribution in [0.1, 0.15) is 48.0 Å². The third-order valence-electron chi connectivity index (χ3n) is 2.45. The smallest absolute Gasteiger partial charge is 0.00760 e. The Morgan fingerprint density at radius 2 is 1.00 bits per heavy atom. The summed E-state index contributed by atoms with van der Waals surface area (Å²) in [6.07, 6.45) is 1.07. The van der Waals surface area contributed by atoms with E-state index in [-0.39, 0.29) is 10.8 Å². The van der Waals surface area contributed by atoms with E-state index in [1.165, 1.54) is 0 Å². The summed E-state index contributed by atoms with van der Waals surface area (Å²) in [5.74, 6) is 0. The molecule has 2 unspecified atom stereocenters. The third kappa shape index (κ3) is 5.21. The number of thiol groups is 2. The van der Waals surface area contributed by atoms with Crippen molar-refractivity contribution in [3.63, 3.8) is 0 Å². The molecular formula is C11H24S2. The molecule has 13 heavy (non-hydrogen) atoms. The molecule has 0 saturated heterocycles. The molecule has 0 N–H and O–H groups in total. The largest absolute Gasteiger partial charge is 0.175 e. The summed E-state index contributed by atoms with van der Waals surface area (Å²) >= 11 is 9.27. The molecule has 0 saturated carbocycles. The molecule has 0 aromatic heterocycles. The van der Waals surface area contributed by atoms with E-state index in [9.17, 15) is 0 Å². The van der Waals surface area contributed by atoms with E-state index in [0.29, 0.717) is 10.5 Å². The standard InChI is InChI=1S/C11H24S2/c1-10(2,3)8(12)7-9(13)11(4,5)6/h8-9,12-13H,7H2,1-6H3. The maximum Gasteiger partial charge on any atom is 0.00760 e. The average molecular weight is 220 g/mol. The van der Waals surface area contributed by atoms with Crippen molar-refractivity contribution >= 4 is 25.3 Å². The van der Waals surface area contributed by atoms with Crippen molar-refractivity contribution < 1.29 is 0 Å². The predicted octanol–water partition coefficient (Wildman–Crippen LogP) is 4.07.